The zero-order valence-corrected chi connectivity index (χ0v) is 17.3. The second kappa shape index (κ2) is 8.91. The van der Waals surface area contributed by atoms with Gasteiger partial charge in [-0.05, 0) is 60.7 Å². The number of amides is 1. The molecule has 0 atom stereocenters. The third-order valence-electron chi connectivity index (χ3n) is 5.27. The Bertz CT molecular complexity index is 1150. The Morgan fingerprint density at radius 2 is 1.90 bits per heavy atom. The first-order valence-corrected chi connectivity index (χ1v) is 10.2. The first kappa shape index (κ1) is 19.8. The van der Waals surface area contributed by atoms with Gasteiger partial charge in [-0.1, -0.05) is 30.3 Å². The highest BCUT2D eigenvalue weighted by Crippen LogP contribution is 2.20. The topological polar surface area (TPSA) is 59.2 Å². The van der Waals surface area contributed by atoms with Gasteiger partial charge in [0.1, 0.15) is 5.52 Å². The normalized spacial score (nSPS) is 11.0. The van der Waals surface area contributed by atoms with Crippen molar-refractivity contribution in [1.29, 1.82) is 0 Å². The van der Waals surface area contributed by atoms with Gasteiger partial charge in [-0.3, -0.25) is 9.78 Å². The number of benzene rings is 2. The van der Waals surface area contributed by atoms with Gasteiger partial charge >= 0.3 is 0 Å². The molecule has 1 amide bonds. The van der Waals surface area contributed by atoms with E-state index in [2.05, 4.69) is 34.2 Å². The molecule has 2 aromatic heterocycles. The Morgan fingerprint density at radius 1 is 1.07 bits per heavy atom. The fourth-order valence-electron chi connectivity index (χ4n) is 3.53. The lowest BCUT2D eigenvalue weighted by Gasteiger charge is -2.18. The summed E-state index contributed by atoms with van der Waals surface area (Å²) in [4.78, 5) is 23.3. The van der Waals surface area contributed by atoms with Gasteiger partial charge in [0.15, 0.2) is 11.5 Å². The van der Waals surface area contributed by atoms with Crippen LogP contribution >= 0.6 is 0 Å². The molecule has 152 valence electrons. The van der Waals surface area contributed by atoms with Crippen LogP contribution in [0.3, 0.4) is 0 Å². The summed E-state index contributed by atoms with van der Waals surface area (Å²) in [6.45, 7) is 2.54. The van der Waals surface area contributed by atoms with Gasteiger partial charge in [0.2, 0.25) is 0 Å². The summed E-state index contributed by atoms with van der Waals surface area (Å²) in [5.41, 5.74) is 5.53. The molecule has 0 saturated heterocycles. The van der Waals surface area contributed by atoms with Crippen molar-refractivity contribution in [2.45, 2.75) is 32.7 Å². The molecule has 4 aromatic rings. The standard InChI is InChI=1S/C25H25N3O2/c1-18-16-26-14-13-21(18)17-28(2)25(29)20-11-12-23-22(15-20)27-24(30-23)10-6-9-19-7-4-3-5-8-19/h3-5,7-8,11-16H,6,9-10,17H2,1-2H3. The van der Waals surface area contributed by atoms with Crippen LogP contribution in [-0.4, -0.2) is 27.8 Å². The largest absolute Gasteiger partial charge is 0.441 e. The quantitative estimate of drug-likeness (QED) is 0.440. The zero-order chi connectivity index (χ0) is 20.9. The van der Waals surface area contributed by atoms with Gasteiger partial charge in [-0.2, -0.15) is 0 Å². The molecule has 0 aliphatic rings. The van der Waals surface area contributed by atoms with Crippen molar-refractivity contribution in [2.24, 2.45) is 0 Å². The maximum atomic E-state index is 12.9. The summed E-state index contributed by atoms with van der Waals surface area (Å²) in [6.07, 6.45) is 6.29. The lowest BCUT2D eigenvalue weighted by molar-refractivity contribution is 0.0785. The fourth-order valence-corrected chi connectivity index (χ4v) is 3.53. The number of oxazole rings is 1. The minimum atomic E-state index is -0.0401. The van der Waals surface area contributed by atoms with E-state index in [0.717, 1.165) is 35.9 Å². The summed E-state index contributed by atoms with van der Waals surface area (Å²) in [7, 11) is 1.81. The SMILES string of the molecule is Cc1cnccc1CN(C)C(=O)c1ccc2oc(CCCc3ccccc3)nc2c1. The Hall–Kier alpha value is -3.47. The van der Waals surface area contributed by atoms with Crippen LogP contribution in [0, 0.1) is 6.92 Å². The number of carbonyl (C=O) groups is 1. The van der Waals surface area contributed by atoms with E-state index in [9.17, 15) is 4.79 Å². The molecule has 0 aliphatic carbocycles. The summed E-state index contributed by atoms with van der Waals surface area (Å²) in [6, 6.07) is 17.8. The van der Waals surface area contributed by atoms with E-state index in [1.165, 1.54) is 5.56 Å². The van der Waals surface area contributed by atoms with Crippen molar-refractivity contribution in [3.8, 4) is 0 Å². The number of hydrogen-bond donors (Lipinski definition) is 0. The highest BCUT2D eigenvalue weighted by molar-refractivity contribution is 5.97. The second-order valence-electron chi connectivity index (χ2n) is 7.59. The van der Waals surface area contributed by atoms with Crippen molar-refractivity contribution in [1.82, 2.24) is 14.9 Å². The Labute approximate surface area is 176 Å². The highest BCUT2D eigenvalue weighted by atomic mass is 16.3. The van der Waals surface area contributed by atoms with E-state index in [-0.39, 0.29) is 5.91 Å². The molecule has 0 unspecified atom stereocenters. The molecule has 0 spiro atoms. The van der Waals surface area contributed by atoms with Gasteiger partial charge in [-0.25, -0.2) is 4.98 Å². The number of fused-ring (bicyclic) bond motifs is 1. The number of rotatable bonds is 7. The number of pyridine rings is 1. The van der Waals surface area contributed by atoms with E-state index in [4.69, 9.17) is 4.42 Å². The van der Waals surface area contributed by atoms with Gasteiger partial charge in [0.05, 0.1) is 0 Å². The Balaban J connectivity index is 1.42. The number of hydrogen-bond acceptors (Lipinski definition) is 4. The average Bonchev–Trinajstić information content (AvgIpc) is 3.17. The molecule has 4 rings (SSSR count). The maximum absolute atomic E-state index is 12.9. The van der Waals surface area contributed by atoms with Crippen LogP contribution in [0.15, 0.2) is 71.4 Å². The first-order chi connectivity index (χ1) is 14.6. The fraction of sp³-hybridized carbons (Fsp3) is 0.240. The third-order valence-corrected chi connectivity index (χ3v) is 5.27. The molecular formula is C25H25N3O2. The lowest BCUT2D eigenvalue weighted by Crippen LogP contribution is -2.26. The summed E-state index contributed by atoms with van der Waals surface area (Å²) >= 11 is 0. The van der Waals surface area contributed by atoms with E-state index < -0.39 is 0 Å². The number of aryl methyl sites for hydroxylation is 3. The predicted octanol–water partition coefficient (Wildman–Crippen LogP) is 4.98. The van der Waals surface area contributed by atoms with Gasteiger partial charge in [0.25, 0.3) is 5.91 Å². The Kier molecular flexibility index (Phi) is 5.89. The molecule has 0 saturated carbocycles. The average molecular weight is 399 g/mol. The first-order valence-electron chi connectivity index (χ1n) is 10.2. The minimum Gasteiger partial charge on any atom is -0.441 e. The van der Waals surface area contributed by atoms with Crippen LogP contribution in [0.25, 0.3) is 11.1 Å². The second-order valence-corrected chi connectivity index (χ2v) is 7.59. The maximum Gasteiger partial charge on any atom is 0.253 e. The molecule has 0 N–H and O–H groups in total. The number of aromatic nitrogens is 2. The number of carbonyl (C=O) groups excluding carboxylic acids is 1. The van der Waals surface area contributed by atoms with Crippen molar-refractivity contribution in [3.63, 3.8) is 0 Å². The van der Waals surface area contributed by atoms with Gasteiger partial charge in [-0.15, -0.1) is 0 Å². The summed E-state index contributed by atoms with van der Waals surface area (Å²) in [5, 5.41) is 0. The van der Waals surface area contributed by atoms with E-state index >= 15 is 0 Å². The van der Waals surface area contributed by atoms with Crippen molar-refractivity contribution >= 4 is 17.0 Å². The van der Waals surface area contributed by atoms with Crippen LogP contribution in [0.4, 0.5) is 0 Å². The Morgan fingerprint density at radius 3 is 2.70 bits per heavy atom. The summed E-state index contributed by atoms with van der Waals surface area (Å²) in [5.74, 6) is 0.674. The van der Waals surface area contributed by atoms with Crippen LogP contribution in [0.5, 0.6) is 0 Å². The van der Waals surface area contributed by atoms with E-state index in [1.54, 1.807) is 17.2 Å². The van der Waals surface area contributed by atoms with Crippen LogP contribution in [0.2, 0.25) is 0 Å². The molecule has 2 aromatic carbocycles. The lowest BCUT2D eigenvalue weighted by atomic mass is 10.1. The molecule has 2 heterocycles. The van der Waals surface area contributed by atoms with Crippen LogP contribution in [-0.2, 0) is 19.4 Å². The zero-order valence-electron chi connectivity index (χ0n) is 17.3. The predicted molar refractivity (Wildman–Crippen MR) is 117 cm³/mol. The molecule has 0 fully saturated rings. The molecule has 0 bridgehead atoms. The van der Waals surface area contributed by atoms with E-state index in [1.807, 2.05) is 44.4 Å². The van der Waals surface area contributed by atoms with Crippen LogP contribution in [0.1, 0.15) is 39.4 Å². The smallest absolute Gasteiger partial charge is 0.253 e. The van der Waals surface area contributed by atoms with Crippen molar-refractivity contribution < 1.29 is 9.21 Å². The van der Waals surface area contributed by atoms with Gasteiger partial charge < -0.3 is 9.32 Å². The molecule has 30 heavy (non-hydrogen) atoms. The van der Waals surface area contributed by atoms with Gasteiger partial charge in [0, 0.05) is 38.0 Å². The van der Waals surface area contributed by atoms with Crippen molar-refractivity contribution in [3.05, 3.63) is 95.1 Å². The third kappa shape index (κ3) is 4.57. The summed E-state index contributed by atoms with van der Waals surface area (Å²) < 4.78 is 5.87. The number of nitrogens with zero attached hydrogens (tertiary/aromatic N) is 3. The minimum absolute atomic E-state index is 0.0401. The molecular weight excluding hydrogens is 374 g/mol. The monoisotopic (exact) mass is 399 g/mol. The molecule has 5 nitrogen and oxygen atoms in total. The van der Waals surface area contributed by atoms with Crippen molar-refractivity contribution in [2.75, 3.05) is 7.05 Å². The van der Waals surface area contributed by atoms with Crippen LogP contribution < -0.4 is 0 Å². The molecule has 0 radical (unpaired) electrons. The molecule has 5 heteroatoms. The molecule has 0 aliphatic heterocycles. The highest BCUT2D eigenvalue weighted by Gasteiger charge is 2.15. The van der Waals surface area contributed by atoms with E-state index in [0.29, 0.717) is 23.6 Å².